The number of carbonyl (C=O) groups is 1. The summed E-state index contributed by atoms with van der Waals surface area (Å²) in [4.78, 5) is 14.3. The summed E-state index contributed by atoms with van der Waals surface area (Å²) in [6, 6.07) is 12.9. The highest BCUT2D eigenvalue weighted by Gasteiger charge is 2.21. The molecule has 30 heavy (non-hydrogen) atoms. The molecule has 3 aromatic rings. The number of pyridine rings is 1. The molecule has 0 amide bonds. The average molecular weight is 450 g/mol. The third kappa shape index (κ3) is 4.58. The predicted molar refractivity (Wildman–Crippen MR) is 116 cm³/mol. The van der Waals surface area contributed by atoms with E-state index < -0.39 is 23.5 Å². The van der Waals surface area contributed by atoms with Crippen molar-refractivity contribution in [3.8, 4) is 22.6 Å². The number of rotatable bonds is 7. The smallest absolute Gasteiger partial charge is 0.322 e. The lowest BCUT2D eigenvalue weighted by Gasteiger charge is -2.17. The summed E-state index contributed by atoms with van der Waals surface area (Å²) in [7, 11) is 0. The Hall–Kier alpha value is -3.03. The van der Waals surface area contributed by atoms with E-state index in [1.54, 1.807) is 12.1 Å². The third-order valence-electron chi connectivity index (χ3n) is 4.33. The predicted octanol–water partition coefficient (Wildman–Crippen LogP) is 5.63. The molecule has 0 saturated carbocycles. The van der Waals surface area contributed by atoms with Crippen molar-refractivity contribution in [1.29, 1.82) is 0 Å². The van der Waals surface area contributed by atoms with Crippen molar-refractivity contribution in [2.45, 2.75) is 13.3 Å². The number of anilines is 2. The average Bonchev–Trinajstić information content (AvgIpc) is 2.74. The van der Waals surface area contributed by atoms with Gasteiger partial charge in [-0.3, -0.25) is 4.79 Å². The second-order valence-corrected chi connectivity index (χ2v) is 7.08. The summed E-state index contributed by atoms with van der Waals surface area (Å²) >= 11 is 12.3. The van der Waals surface area contributed by atoms with Gasteiger partial charge in [-0.2, -0.15) is 9.37 Å². The van der Waals surface area contributed by atoms with Gasteiger partial charge in [0.1, 0.15) is 22.3 Å². The number of aliphatic carboxylic acids is 1. The van der Waals surface area contributed by atoms with Crippen LogP contribution < -0.4 is 15.8 Å². The lowest BCUT2D eigenvalue weighted by atomic mass is 9.98. The van der Waals surface area contributed by atoms with Crippen molar-refractivity contribution < 1.29 is 19.0 Å². The van der Waals surface area contributed by atoms with Crippen LogP contribution in [0, 0.1) is 5.95 Å². The number of aryl methyl sites for hydroxylation is 1. The first-order valence-corrected chi connectivity index (χ1v) is 9.73. The van der Waals surface area contributed by atoms with Crippen LogP contribution in [0.3, 0.4) is 0 Å². The fourth-order valence-electron chi connectivity index (χ4n) is 2.87. The summed E-state index contributed by atoms with van der Waals surface area (Å²) in [6.07, 6.45) is 0.639. The Labute approximate surface area is 182 Å². The van der Waals surface area contributed by atoms with E-state index in [9.17, 15) is 9.18 Å². The van der Waals surface area contributed by atoms with E-state index in [0.717, 1.165) is 16.7 Å². The van der Waals surface area contributed by atoms with Gasteiger partial charge in [0.2, 0.25) is 5.95 Å². The standard InChI is InChI=1S/C21H18Cl2FN3O3/c1-2-11-8-13(9-14(18(11)25)12-6-4-3-5-7-12)30-19-16(22)20(24)27-21(17(19)23)26-10-15(28)29/h3-9H,2,10,25H2,1H3,(H,26,27)(H,28,29). The van der Waals surface area contributed by atoms with Gasteiger partial charge in [-0.05, 0) is 29.7 Å². The van der Waals surface area contributed by atoms with Gasteiger partial charge in [-0.25, -0.2) is 0 Å². The largest absolute Gasteiger partial charge is 0.480 e. The van der Waals surface area contributed by atoms with Crippen LogP contribution in [0.1, 0.15) is 12.5 Å². The molecule has 0 aliphatic rings. The maximum absolute atomic E-state index is 14.2. The second-order valence-electron chi connectivity index (χ2n) is 6.32. The summed E-state index contributed by atoms with van der Waals surface area (Å²) in [5, 5.41) is 10.7. The highest BCUT2D eigenvalue weighted by Crippen LogP contribution is 2.43. The van der Waals surface area contributed by atoms with E-state index in [2.05, 4.69) is 10.3 Å². The molecule has 0 aliphatic carbocycles. The monoisotopic (exact) mass is 449 g/mol. The maximum Gasteiger partial charge on any atom is 0.322 e. The molecule has 9 heteroatoms. The first-order chi connectivity index (χ1) is 14.3. The molecule has 0 unspecified atom stereocenters. The number of hydrogen-bond acceptors (Lipinski definition) is 5. The van der Waals surface area contributed by atoms with E-state index >= 15 is 0 Å². The van der Waals surface area contributed by atoms with E-state index in [-0.39, 0.29) is 16.6 Å². The number of halogens is 3. The van der Waals surface area contributed by atoms with Gasteiger partial charge in [0, 0.05) is 11.3 Å². The number of nitrogens with two attached hydrogens (primary N) is 1. The molecular weight excluding hydrogens is 432 g/mol. The molecule has 1 heterocycles. The van der Waals surface area contributed by atoms with Crippen molar-refractivity contribution in [3.63, 3.8) is 0 Å². The van der Waals surface area contributed by atoms with Crippen LogP contribution in [0.5, 0.6) is 11.5 Å². The Kier molecular flexibility index (Phi) is 6.64. The third-order valence-corrected chi connectivity index (χ3v) is 5.01. The Balaban J connectivity index is 2.07. The number of ether oxygens (including phenoxy) is 1. The number of nitrogens with zero attached hydrogens (tertiary/aromatic N) is 1. The van der Waals surface area contributed by atoms with Crippen LogP contribution in [0.15, 0.2) is 42.5 Å². The second kappa shape index (κ2) is 9.19. The molecule has 0 aliphatic heterocycles. The highest BCUT2D eigenvalue weighted by atomic mass is 35.5. The molecular formula is C21H18Cl2FN3O3. The van der Waals surface area contributed by atoms with Crippen molar-refractivity contribution in [2.75, 3.05) is 17.6 Å². The van der Waals surface area contributed by atoms with Crippen molar-refractivity contribution in [2.24, 2.45) is 0 Å². The van der Waals surface area contributed by atoms with E-state index in [4.69, 9.17) is 38.8 Å². The quantitative estimate of drug-likeness (QED) is 0.319. The minimum Gasteiger partial charge on any atom is -0.480 e. The summed E-state index contributed by atoms with van der Waals surface area (Å²) in [6.45, 7) is 1.44. The van der Waals surface area contributed by atoms with Gasteiger partial charge in [0.05, 0.1) is 0 Å². The zero-order chi connectivity index (χ0) is 21.8. The number of nitrogens with one attached hydrogen (secondary N) is 1. The zero-order valence-corrected chi connectivity index (χ0v) is 17.4. The van der Waals surface area contributed by atoms with Crippen LogP contribution in [0.25, 0.3) is 11.1 Å². The Morgan fingerprint density at radius 3 is 2.57 bits per heavy atom. The normalized spacial score (nSPS) is 10.7. The van der Waals surface area contributed by atoms with Gasteiger partial charge in [-0.1, -0.05) is 60.5 Å². The van der Waals surface area contributed by atoms with Crippen molar-refractivity contribution >= 4 is 40.7 Å². The highest BCUT2D eigenvalue weighted by molar-refractivity contribution is 6.38. The maximum atomic E-state index is 14.2. The fourth-order valence-corrected chi connectivity index (χ4v) is 3.34. The van der Waals surface area contributed by atoms with Crippen LogP contribution in [0.2, 0.25) is 10.0 Å². The first-order valence-electron chi connectivity index (χ1n) is 8.97. The minimum absolute atomic E-state index is 0.140. The number of benzene rings is 2. The summed E-state index contributed by atoms with van der Waals surface area (Å²) in [5.74, 6) is -2.23. The number of carboxylic acids is 1. The number of aromatic nitrogens is 1. The zero-order valence-electron chi connectivity index (χ0n) is 15.9. The number of hydrogen-bond donors (Lipinski definition) is 3. The Morgan fingerprint density at radius 2 is 1.93 bits per heavy atom. The van der Waals surface area contributed by atoms with Crippen LogP contribution in [-0.4, -0.2) is 22.6 Å². The summed E-state index contributed by atoms with van der Waals surface area (Å²) in [5.41, 5.74) is 9.39. The van der Waals surface area contributed by atoms with Gasteiger partial charge in [0.25, 0.3) is 0 Å². The molecule has 1 aromatic heterocycles. The topological polar surface area (TPSA) is 97.5 Å². The Bertz CT molecular complexity index is 1090. The van der Waals surface area contributed by atoms with Crippen molar-refractivity contribution in [1.82, 2.24) is 4.98 Å². The molecule has 0 bridgehead atoms. The molecule has 0 fully saturated rings. The SMILES string of the molecule is CCc1cc(Oc2c(Cl)c(F)nc(NCC(=O)O)c2Cl)cc(-c2ccccc2)c1N. The number of nitrogen functional groups attached to an aromatic ring is 1. The molecule has 2 aromatic carbocycles. The summed E-state index contributed by atoms with van der Waals surface area (Å²) < 4.78 is 20.1. The van der Waals surface area contributed by atoms with Gasteiger partial charge < -0.3 is 20.9 Å². The van der Waals surface area contributed by atoms with Crippen LogP contribution >= 0.6 is 23.2 Å². The van der Waals surface area contributed by atoms with Gasteiger partial charge in [-0.15, -0.1) is 0 Å². The number of carboxylic acid groups (broad SMARTS) is 1. The molecule has 6 nitrogen and oxygen atoms in total. The molecule has 156 valence electrons. The van der Waals surface area contributed by atoms with E-state index in [0.29, 0.717) is 17.9 Å². The van der Waals surface area contributed by atoms with Crippen LogP contribution in [-0.2, 0) is 11.2 Å². The van der Waals surface area contributed by atoms with Gasteiger partial charge >= 0.3 is 5.97 Å². The van der Waals surface area contributed by atoms with Crippen LogP contribution in [0.4, 0.5) is 15.9 Å². The molecule has 3 rings (SSSR count). The molecule has 0 spiro atoms. The van der Waals surface area contributed by atoms with E-state index in [1.807, 2.05) is 37.3 Å². The molecule has 0 radical (unpaired) electrons. The lowest BCUT2D eigenvalue weighted by molar-refractivity contribution is -0.134. The molecule has 0 atom stereocenters. The fraction of sp³-hybridized carbons (Fsp3) is 0.143. The first kappa shape index (κ1) is 21.7. The molecule has 0 saturated heterocycles. The minimum atomic E-state index is -1.16. The van der Waals surface area contributed by atoms with Crippen molar-refractivity contribution in [3.05, 3.63) is 64.0 Å². The Morgan fingerprint density at radius 1 is 1.23 bits per heavy atom. The van der Waals surface area contributed by atoms with Gasteiger partial charge in [0.15, 0.2) is 11.6 Å². The van der Waals surface area contributed by atoms with E-state index in [1.165, 1.54) is 0 Å². The molecule has 4 N–H and O–H groups in total. The lowest BCUT2D eigenvalue weighted by Crippen LogP contribution is -2.14.